The van der Waals surface area contributed by atoms with Crippen LogP contribution in [-0.4, -0.2) is 38.2 Å². The quantitative estimate of drug-likeness (QED) is 0.833. The van der Waals surface area contributed by atoms with Gasteiger partial charge in [0.15, 0.2) is 5.82 Å². The van der Waals surface area contributed by atoms with Gasteiger partial charge in [0, 0.05) is 12.0 Å². The molecule has 0 aliphatic rings. The van der Waals surface area contributed by atoms with Crippen LogP contribution >= 0.6 is 0 Å². The second-order valence-corrected chi connectivity index (χ2v) is 5.27. The molecule has 6 heteroatoms. The number of aliphatic carboxylic acids is 1. The van der Waals surface area contributed by atoms with Crippen molar-refractivity contribution < 1.29 is 14.4 Å². The molecule has 1 N–H and O–H groups in total. The van der Waals surface area contributed by atoms with Crippen molar-refractivity contribution in [3.8, 4) is 0 Å². The highest BCUT2D eigenvalue weighted by molar-refractivity contribution is 5.69. The first-order chi connectivity index (χ1) is 8.32. The molecular weight excluding hydrogens is 234 g/mol. The number of carbonyl (C=O) groups is 1. The maximum absolute atomic E-state index is 10.8. The van der Waals surface area contributed by atoms with Crippen LogP contribution < -0.4 is 0 Å². The van der Waals surface area contributed by atoms with E-state index in [1.54, 1.807) is 4.90 Å². The van der Waals surface area contributed by atoms with Crippen molar-refractivity contribution in [2.24, 2.45) is 0 Å². The minimum atomic E-state index is -0.863. The van der Waals surface area contributed by atoms with Gasteiger partial charge >= 0.3 is 5.97 Å². The van der Waals surface area contributed by atoms with E-state index in [0.717, 1.165) is 12.8 Å². The van der Waals surface area contributed by atoms with Gasteiger partial charge in [-0.2, -0.15) is 4.98 Å². The van der Waals surface area contributed by atoms with E-state index in [1.807, 2.05) is 27.7 Å². The highest BCUT2D eigenvalue weighted by Gasteiger charge is 2.25. The van der Waals surface area contributed by atoms with Gasteiger partial charge in [-0.25, -0.2) is 0 Å². The Morgan fingerprint density at radius 1 is 1.44 bits per heavy atom. The highest BCUT2D eigenvalue weighted by Crippen LogP contribution is 2.16. The molecule has 0 amide bonds. The number of carboxylic acid groups (broad SMARTS) is 1. The van der Waals surface area contributed by atoms with Crippen LogP contribution in [0.25, 0.3) is 0 Å². The van der Waals surface area contributed by atoms with Crippen molar-refractivity contribution in [1.29, 1.82) is 0 Å². The molecule has 0 saturated heterocycles. The molecule has 1 heterocycles. The van der Waals surface area contributed by atoms with Gasteiger partial charge in [-0.3, -0.25) is 9.69 Å². The van der Waals surface area contributed by atoms with E-state index >= 15 is 0 Å². The second-order valence-electron chi connectivity index (χ2n) is 5.27. The van der Waals surface area contributed by atoms with Gasteiger partial charge in [-0.15, -0.1) is 0 Å². The summed E-state index contributed by atoms with van der Waals surface area (Å²) in [6.45, 7) is 8.22. The van der Waals surface area contributed by atoms with E-state index in [1.165, 1.54) is 0 Å². The van der Waals surface area contributed by atoms with Crippen LogP contribution in [-0.2, 0) is 17.8 Å². The van der Waals surface area contributed by atoms with E-state index < -0.39 is 5.97 Å². The van der Waals surface area contributed by atoms with E-state index in [0.29, 0.717) is 18.3 Å². The van der Waals surface area contributed by atoms with Crippen molar-refractivity contribution in [3.63, 3.8) is 0 Å². The third-order valence-electron chi connectivity index (χ3n) is 2.58. The van der Waals surface area contributed by atoms with Crippen LogP contribution in [0.15, 0.2) is 4.52 Å². The first kappa shape index (κ1) is 14.6. The van der Waals surface area contributed by atoms with Crippen LogP contribution in [0.2, 0.25) is 0 Å². The molecule has 1 aromatic rings. The van der Waals surface area contributed by atoms with Crippen molar-refractivity contribution in [2.45, 2.75) is 52.6 Å². The largest absolute Gasteiger partial charge is 0.480 e. The minimum absolute atomic E-state index is 0.0466. The van der Waals surface area contributed by atoms with Gasteiger partial charge in [-0.1, -0.05) is 12.1 Å². The van der Waals surface area contributed by atoms with Gasteiger partial charge in [0.1, 0.15) is 0 Å². The number of nitrogens with zero attached hydrogens (tertiary/aromatic N) is 3. The second kappa shape index (κ2) is 5.95. The molecule has 0 saturated carbocycles. The SMILES string of the molecule is CCCc1noc(CN(CC(=O)O)C(C)(C)C)n1. The van der Waals surface area contributed by atoms with Crippen molar-refractivity contribution in [1.82, 2.24) is 15.0 Å². The molecule has 18 heavy (non-hydrogen) atoms. The summed E-state index contributed by atoms with van der Waals surface area (Å²) in [6.07, 6.45) is 1.73. The lowest BCUT2D eigenvalue weighted by Gasteiger charge is -2.32. The zero-order valence-electron chi connectivity index (χ0n) is 11.4. The maximum Gasteiger partial charge on any atom is 0.317 e. The topological polar surface area (TPSA) is 79.5 Å². The third kappa shape index (κ3) is 4.44. The molecule has 6 nitrogen and oxygen atoms in total. The summed E-state index contributed by atoms with van der Waals surface area (Å²) in [7, 11) is 0. The number of hydrogen-bond donors (Lipinski definition) is 1. The minimum Gasteiger partial charge on any atom is -0.480 e. The predicted octanol–water partition coefficient (Wildman–Crippen LogP) is 1.71. The summed E-state index contributed by atoms with van der Waals surface area (Å²) < 4.78 is 5.13. The number of carboxylic acids is 1. The van der Waals surface area contributed by atoms with E-state index in [4.69, 9.17) is 9.63 Å². The third-order valence-corrected chi connectivity index (χ3v) is 2.58. The Labute approximate surface area is 107 Å². The first-order valence-electron chi connectivity index (χ1n) is 6.11. The molecule has 0 aliphatic heterocycles. The van der Waals surface area contributed by atoms with Crippen molar-refractivity contribution in [2.75, 3.05) is 6.54 Å². The lowest BCUT2D eigenvalue weighted by Crippen LogP contribution is -2.43. The van der Waals surface area contributed by atoms with Crippen molar-refractivity contribution in [3.05, 3.63) is 11.7 Å². The molecule has 0 radical (unpaired) electrons. The molecular formula is C12H21N3O3. The van der Waals surface area contributed by atoms with E-state index in [-0.39, 0.29) is 12.1 Å². The Balaban J connectivity index is 2.72. The lowest BCUT2D eigenvalue weighted by molar-refractivity contribution is -0.140. The number of aromatic nitrogens is 2. The molecule has 0 aromatic carbocycles. The standard InChI is InChI=1S/C12H21N3O3/c1-5-6-9-13-10(18-14-9)7-15(8-11(16)17)12(2,3)4/h5-8H2,1-4H3,(H,16,17). The van der Waals surface area contributed by atoms with Gasteiger partial charge in [0.2, 0.25) is 5.89 Å². The Kier molecular flexibility index (Phi) is 4.84. The summed E-state index contributed by atoms with van der Waals surface area (Å²) in [6, 6.07) is 0. The molecule has 0 fully saturated rings. The van der Waals surface area contributed by atoms with Crippen molar-refractivity contribution >= 4 is 5.97 Å². The number of aryl methyl sites for hydroxylation is 1. The molecule has 1 aromatic heterocycles. The average molecular weight is 255 g/mol. The summed E-state index contributed by atoms with van der Waals surface area (Å²) >= 11 is 0. The van der Waals surface area contributed by atoms with E-state index in [2.05, 4.69) is 10.1 Å². The smallest absolute Gasteiger partial charge is 0.317 e. The molecule has 0 spiro atoms. The summed E-state index contributed by atoms with van der Waals surface area (Å²) in [4.78, 5) is 16.9. The Hall–Kier alpha value is -1.43. The molecule has 0 atom stereocenters. The Morgan fingerprint density at radius 2 is 2.11 bits per heavy atom. The van der Waals surface area contributed by atoms with Crippen LogP contribution in [0.4, 0.5) is 0 Å². The fraction of sp³-hybridized carbons (Fsp3) is 0.750. The molecule has 0 aliphatic carbocycles. The van der Waals surface area contributed by atoms with Gasteiger partial charge in [0.05, 0.1) is 13.1 Å². The van der Waals surface area contributed by atoms with Gasteiger partial charge < -0.3 is 9.63 Å². The number of hydrogen-bond acceptors (Lipinski definition) is 5. The van der Waals surface area contributed by atoms with Gasteiger partial charge in [0.25, 0.3) is 0 Å². The molecule has 102 valence electrons. The summed E-state index contributed by atoms with van der Waals surface area (Å²) in [5.74, 6) is 0.282. The lowest BCUT2D eigenvalue weighted by atomic mass is 10.1. The highest BCUT2D eigenvalue weighted by atomic mass is 16.5. The zero-order chi connectivity index (χ0) is 13.8. The fourth-order valence-electron chi connectivity index (χ4n) is 1.54. The molecule has 0 bridgehead atoms. The van der Waals surface area contributed by atoms with Crippen LogP contribution in [0.1, 0.15) is 45.8 Å². The Morgan fingerprint density at radius 3 is 2.61 bits per heavy atom. The predicted molar refractivity (Wildman–Crippen MR) is 66.1 cm³/mol. The fourth-order valence-corrected chi connectivity index (χ4v) is 1.54. The Bertz CT molecular complexity index is 396. The monoisotopic (exact) mass is 255 g/mol. The van der Waals surface area contributed by atoms with Crippen LogP contribution in [0.3, 0.4) is 0 Å². The summed E-state index contributed by atoms with van der Waals surface area (Å²) in [5.41, 5.74) is -0.266. The number of rotatable bonds is 6. The van der Waals surface area contributed by atoms with Crippen LogP contribution in [0, 0.1) is 0 Å². The zero-order valence-corrected chi connectivity index (χ0v) is 11.4. The summed E-state index contributed by atoms with van der Waals surface area (Å²) in [5, 5.41) is 12.8. The molecule has 1 rings (SSSR count). The first-order valence-corrected chi connectivity index (χ1v) is 6.11. The van der Waals surface area contributed by atoms with E-state index in [9.17, 15) is 4.79 Å². The normalized spacial score (nSPS) is 12.1. The van der Waals surface area contributed by atoms with Crippen LogP contribution in [0.5, 0.6) is 0 Å². The average Bonchev–Trinajstić information content (AvgIpc) is 2.63. The maximum atomic E-state index is 10.8. The molecule has 0 unspecified atom stereocenters. The van der Waals surface area contributed by atoms with Gasteiger partial charge in [-0.05, 0) is 27.2 Å².